The summed E-state index contributed by atoms with van der Waals surface area (Å²) in [5, 5.41) is 8.83. The van der Waals surface area contributed by atoms with Crippen LogP contribution >= 0.6 is 11.6 Å². The van der Waals surface area contributed by atoms with E-state index in [9.17, 15) is 4.79 Å². The number of alkyl halides is 1. The smallest absolute Gasteiger partial charge is 0.310 e. The molecule has 88 valence electrons. The predicted molar refractivity (Wildman–Crippen MR) is 63.3 cm³/mol. The van der Waals surface area contributed by atoms with E-state index in [-0.39, 0.29) is 0 Å². The molecule has 1 N–H and O–H groups in total. The van der Waals surface area contributed by atoms with Crippen molar-refractivity contribution < 1.29 is 14.6 Å². The minimum Gasteiger partial charge on any atom is -0.494 e. The molecule has 1 atom stereocenters. The van der Waals surface area contributed by atoms with Gasteiger partial charge in [0.2, 0.25) is 0 Å². The second kappa shape index (κ2) is 6.38. The predicted octanol–water partition coefficient (Wildman–Crippen LogP) is 2.88. The van der Waals surface area contributed by atoms with Gasteiger partial charge >= 0.3 is 5.97 Å². The molecule has 0 amide bonds. The van der Waals surface area contributed by atoms with Crippen LogP contribution in [0.5, 0.6) is 5.75 Å². The van der Waals surface area contributed by atoms with Crippen LogP contribution < -0.4 is 4.74 Å². The maximum atomic E-state index is 10.7. The Morgan fingerprint density at radius 1 is 1.44 bits per heavy atom. The maximum Gasteiger partial charge on any atom is 0.310 e. The monoisotopic (exact) mass is 242 g/mol. The number of rotatable bonds is 6. The number of carboxylic acids is 1. The molecular weight excluding hydrogens is 228 g/mol. The molecule has 16 heavy (non-hydrogen) atoms. The Bertz CT molecular complexity index is 335. The SMILES string of the molecule is CC(C(=O)O)c1ccc(OCCCCl)cc1. The summed E-state index contributed by atoms with van der Waals surface area (Å²) in [5.41, 5.74) is 0.775. The number of carboxylic acid groups (broad SMARTS) is 1. The van der Waals surface area contributed by atoms with Gasteiger partial charge in [0.25, 0.3) is 0 Å². The first kappa shape index (κ1) is 12.8. The average Bonchev–Trinajstić information content (AvgIpc) is 2.29. The minimum absolute atomic E-state index is 0.489. The lowest BCUT2D eigenvalue weighted by atomic mass is 10.0. The van der Waals surface area contributed by atoms with E-state index in [0.717, 1.165) is 17.7 Å². The molecule has 3 nitrogen and oxygen atoms in total. The second-order valence-corrected chi connectivity index (χ2v) is 3.90. The number of halogens is 1. The highest BCUT2D eigenvalue weighted by molar-refractivity contribution is 6.17. The van der Waals surface area contributed by atoms with Crippen LogP contribution in [-0.2, 0) is 4.79 Å². The first-order chi connectivity index (χ1) is 7.65. The summed E-state index contributed by atoms with van der Waals surface area (Å²) in [6, 6.07) is 7.11. The third-order valence-electron chi connectivity index (χ3n) is 2.30. The molecule has 1 aromatic carbocycles. The Morgan fingerprint density at radius 2 is 2.06 bits per heavy atom. The van der Waals surface area contributed by atoms with Gasteiger partial charge in [-0.15, -0.1) is 11.6 Å². The van der Waals surface area contributed by atoms with Crippen LogP contribution in [-0.4, -0.2) is 23.6 Å². The first-order valence-electron chi connectivity index (χ1n) is 5.16. The van der Waals surface area contributed by atoms with Gasteiger partial charge in [0.15, 0.2) is 0 Å². The van der Waals surface area contributed by atoms with Crippen LogP contribution in [0.1, 0.15) is 24.8 Å². The number of hydrogen-bond acceptors (Lipinski definition) is 2. The molecule has 0 heterocycles. The minimum atomic E-state index is -0.823. The van der Waals surface area contributed by atoms with Gasteiger partial charge < -0.3 is 9.84 Å². The fourth-order valence-corrected chi connectivity index (χ4v) is 1.35. The molecule has 0 bridgehead atoms. The molecule has 0 saturated heterocycles. The van der Waals surface area contributed by atoms with Crippen molar-refractivity contribution in [2.75, 3.05) is 12.5 Å². The van der Waals surface area contributed by atoms with E-state index in [1.165, 1.54) is 0 Å². The van der Waals surface area contributed by atoms with Gasteiger partial charge in [-0.2, -0.15) is 0 Å². The molecule has 4 heteroatoms. The molecule has 0 aliphatic heterocycles. The van der Waals surface area contributed by atoms with Crippen LogP contribution in [0.4, 0.5) is 0 Å². The van der Waals surface area contributed by atoms with Gasteiger partial charge in [-0.05, 0) is 31.0 Å². The van der Waals surface area contributed by atoms with E-state index in [4.69, 9.17) is 21.4 Å². The summed E-state index contributed by atoms with van der Waals surface area (Å²) in [6.45, 7) is 2.24. The third kappa shape index (κ3) is 3.74. The van der Waals surface area contributed by atoms with Crippen molar-refractivity contribution in [3.8, 4) is 5.75 Å². The molecule has 0 aliphatic rings. The quantitative estimate of drug-likeness (QED) is 0.616. The summed E-state index contributed by atoms with van der Waals surface area (Å²) in [4.78, 5) is 10.7. The highest BCUT2D eigenvalue weighted by atomic mass is 35.5. The van der Waals surface area contributed by atoms with E-state index >= 15 is 0 Å². The maximum absolute atomic E-state index is 10.7. The molecule has 0 spiro atoms. The van der Waals surface area contributed by atoms with Crippen molar-refractivity contribution in [2.24, 2.45) is 0 Å². The highest BCUT2D eigenvalue weighted by Crippen LogP contribution is 2.19. The average molecular weight is 243 g/mol. The van der Waals surface area contributed by atoms with Gasteiger partial charge in [-0.3, -0.25) is 4.79 Å². The lowest BCUT2D eigenvalue weighted by molar-refractivity contribution is -0.138. The Balaban J connectivity index is 2.57. The lowest BCUT2D eigenvalue weighted by Gasteiger charge is -2.08. The number of carbonyl (C=O) groups is 1. The fourth-order valence-electron chi connectivity index (χ4n) is 1.24. The first-order valence-corrected chi connectivity index (χ1v) is 5.70. The van der Waals surface area contributed by atoms with Gasteiger partial charge in [0.05, 0.1) is 12.5 Å². The molecule has 0 aliphatic carbocycles. The zero-order chi connectivity index (χ0) is 12.0. The van der Waals surface area contributed by atoms with Crippen LogP contribution in [0.2, 0.25) is 0 Å². The number of aliphatic carboxylic acids is 1. The molecule has 1 unspecified atom stereocenters. The zero-order valence-corrected chi connectivity index (χ0v) is 9.91. The molecule has 0 radical (unpaired) electrons. The standard InChI is InChI=1S/C12H15ClO3/c1-9(12(14)15)10-3-5-11(6-4-10)16-8-2-7-13/h3-6,9H,2,7-8H2,1H3,(H,14,15). The van der Waals surface area contributed by atoms with Crippen molar-refractivity contribution in [1.29, 1.82) is 0 Å². The number of benzene rings is 1. The Morgan fingerprint density at radius 3 is 2.56 bits per heavy atom. The van der Waals surface area contributed by atoms with Crippen molar-refractivity contribution in [2.45, 2.75) is 19.3 Å². The molecule has 0 aromatic heterocycles. The van der Waals surface area contributed by atoms with E-state index in [1.807, 2.05) is 0 Å². The summed E-state index contributed by atoms with van der Waals surface area (Å²) in [7, 11) is 0. The molecule has 0 fully saturated rings. The zero-order valence-electron chi connectivity index (χ0n) is 9.15. The van der Waals surface area contributed by atoms with Crippen molar-refractivity contribution >= 4 is 17.6 Å². The lowest BCUT2D eigenvalue weighted by Crippen LogP contribution is -2.07. The van der Waals surface area contributed by atoms with E-state index in [1.54, 1.807) is 31.2 Å². The topological polar surface area (TPSA) is 46.5 Å². The summed E-state index contributed by atoms with van der Waals surface area (Å²) in [6.07, 6.45) is 0.800. The molecule has 1 aromatic rings. The molecular formula is C12H15ClO3. The molecule has 1 rings (SSSR count). The van der Waals surface area contributed by atoms with Gasteiger partial charge in [-0.1, -0.05) is 12.1 Å². The van der Waals surface area contributed by atoms with Gasteiger partial charge in [-0.25, -0.2) is 0 Å². The number of ether oxygens (including phenoxy) is 1. The Kier molecular flexibility index (Phi) is 5.12. The fraction of sp³-hybridized carbons (Fsp3) is 0.417. The van der Waals surface area contributed by atoms with E-state index in [2.05, 4.69) is 0 Å². The van der Waals surface area contributed by atoms with Crippen LogP contribution in [0, 0.1) is 0 Å². The van der Waals surface area contributed by atoms with Crippen LogP contribution in [0.25, 0.3) is 0 Å². The normalized spacial score (nSPS) is 12.1. The largest absolute Gasteiger partial charge is 0.494 e. The molecule has 0 saturated carbocycles. The summed E-state index contributed by atoms with van der Waals surface area (Å²) >= 11 is 5.52. The van der Waals surface area contributed by atoms with Crippen LogP contribution in [0.15, 0.2) is 24.3 Å². The Hall–Kier alpha value is -1.22. The van der Waals surface area contributed by atoms with E-state index < -0.39 is 11.9 Å². The van der Waals surface area contributed by atoms with E-state index in [0.29, 0.717) is 12.5 Å². The summed E-state index contributed by atoms with van der Waals surface area (Å²) < 4.78 is 5.41. The Labute approximate surface area is 100.0 Å². The van der Waals surface area contributed by atoms with Crippen molar-refractivity contribution in [1.82, 2.24) is 0 Å². The summed E-state index contributed by atoms with van der Waals surface area (Å²) in [5.74, 6) is 0.00729. The van der Waals surface area contributed by atoms with Crippen molar-refractivity contribution in [3.63, 3.8) is 0 Å². The second-order valence-electron chi connectivity index (χ2n) is 3.52. The highest BCUT2D eigenvalue weighted by Gasteiger charge is 2.12. The van der Waals surface area contributed by atoms with Gasteiger partial charge in [0, 0.05) is 5.88 Å². The third-order valence-corrected chi connectivity index (χ3v) is 2.56. The van der Waals surface area contributed by atoms with Crippen molar-refractivity contribution in [3.05, 3.63) is 29.8 Å². The number of hydrogen-bond donors (Lipinski definition) is 1. The van der Waals surface area contributed by atoms with Gasteiger partial charge in [0.1, 0.15) is 5.75 Å². The van der Waals surface area contributed by atoms with Crippen LogP contribution in [0.3, 0.4) is 0 Å².